The van der Waals surface area contributed by atoms with Crippen molar-refractivity contribution in [2.24, 2.45) is 0 Å². The molecule has 1 amide bonds. The number of nitrogens with one attached hydrogen (secondary N) is 2. The molecule has 1 fully saturated rings. The lowest BCUT2D eigenvalue weighted by molar-refractivity contribution is 0.0939. The summed E-state index contributed by atoms with van der Waals surface area (Å²) in [6.45, 7) is 1.90. The minimum atomic E-state index is -0.251. The normalized spacial score (nSPS) is 15.5. The van der Waals surface area contributed by atoms with Crippen LogP contribution < -0.4 is 20.3 Å². The van der Waals surface area contributed by atoms with Gasteiger partial charge in [0.15, 0.2) is 11.5 Å². The molecule has 1 aromatic carbocycles. The lowest BCUT2D eigenvalue weighted by Gasteiger charge is -2.19. The first-order valence-corrected chi connectivity index (χ1v) is 8.91. The number of carbonyl (C=O) groups is 1. The number of aromatic nitrogens is 1. The van der Waals surface area contributed by atoms with Crippen molar-refractivity contribution in [3.63, 3.8) is 0 Å². The molecule has 138 valence electrons. The van der Waals surface area contributed by atoms with Gasteiger partial charge in [-0.15, -0.1) is 0 Å². The molecule has 2 N–H and O–H groups in total. The van der Waals surface area contributed by atoms with Crippen molar-refractivity contribution in [3.05, 3.63) is 58.0 Å². The van der Waals surface area contributed by atoms with Crippen molar-refractivity contribution in [3.8, 4) is 11.5 Å². The van der Waals surface area contributed by atoms with Crippen LogP contribution in [0.3, 0.4) is 0 Å². The van der Waals surface area contributed by atoms with Gasteiger partial charge in [-0.25, -0.2) is 0 Å². The van der Waals surface area contributed by atoms with Gasteiger partial charge in [0.25, 0.3) is 5.91 Å². The van der Waals surface area contributed by atoms with E-state index in [0.717, 1.165) is 24.2 Å². The Bertz CT molecular complexity index is 804. The topological polar surface area (TPSA) is 80.4 Å². The number of rotatable bonds is 6. The molecular formula is C20H24N2O4. The van der Waals surface area contributed by atoms with Gasteiger partial charge >= 0.3 is 0 Å². The number of amides is 1. The number of methoxy groups -OCH3 is 1. The molecule has 1 heterocycles. The molecular weight excluding hydrogens is 332 g/mol. The third-order valence-corrected chi connectivity index (χ3v) is 4.68. The van der Waals surface area contributed by atoms with E-state index in [1.807, 2.05) is 25.1 Å². The summed E-state index contributed by atoms with van der Waals surface area (Å²) in [5, 5.41) is 2.92. The average molecular weight is 356 g/mol. The standard InChI is InChI=1S/C20H24N2O4/c1-13(22-20(24)15-8-10-19(23)21-12-15)14-7-9-17(18(11-14)25-2)26-16-5-3-4-6-16/h7-13,16H,3-6H2,1-2H3,(H,21,23)(H,22,24)/t13-/m0/s1. The maximum absolute atomic E-state index is 12.3. The average Bonchev–Trinajstić information content (AvgIpc) is 3.15. The van der Waals surface area contributed by atoms with E-state index in [0.29, 0.717) is 11.3 Å². The van der Waals surface area contributed by atoms with E-state index >= 15 is 0 Å². The third kappa shape index (κ3) is 4.25. The molecule has 0 saturated heterocycles. The Hall–Kier alpha value is -2.76. The lowest BCUT2D eigenvalue weighted by Crippen LogP contribution is -2.27. The molecule has 26 heavy (non-hydrogen) atoms. The van der Waals surface area contributed by atoms with E-state index in [2.05, 4.69) is 10.3 Å². The molecule has 0 radical (unpaired) electrons. The Kier molecular flexibility index (Phi) is 5.61. The van der Waals surface area contributed by atoms with Crippen molar-refractivity contribution in [2.45, 2.75) is 44.8 Å². The van der Waals surface area contributed by atoms with Crippen molar-refractivity contribution >= 4 is 5.91 Å². The van der Waals surface area contributed by atoms with Crippen LogP contribution in [0.15, 0.2) is 41.3 Å². The van der Waals surface area contributed by atoms with Gasteiger partial charge in [0.05, 0.1) is 24.8 Å². The molecule has 6 heteroatoms. The summed E-state index contributed by atoms with van der Waals surface area (Å²) in [5.74, 6) is 1.15. The van der Waals surface area contributed by atoms with Gasteiger partial charge in [-0.05, 0) is 56.4 Å². The predicted molar refractivity (Wildman–Crippen MR) is 98.8 cm³/mol. The Labute approximate surface area is 152 Å². The fraction of sp³-hybridized carbons (Fsp3) is 0.400. The van der Waals surface area contributed by atoms with E-state index in [1.54, 1.807) is 7.11 Å². The largest absolute Gasteiger partial charge is 0.493 e. The molecule has 1 aliphatic carbocycles. The predicted octanol–water partition coefficient (Wildman–Crippen LogP) is 3.20. The van der Waals surface area contributed by atoms with Gasteiger partial charge < -0.3 is 19.8 Å². The first kappa shape index (κ1) is 18.0. The van der Waals surface area contributed by atoms with Crippen LogP contribution in [0.1, 0.15) is 54.6 Å². The Balaban J connectivity index is 1.70. The summed E-state index contributed by atoms with van der Waals surface area (Å²) in [7, 11) is 1.62. The van der Waals surface area contributed by atoms with Gasteiger partial charge in [-0.2, -0.15) is 0 Å². The molecule has 0 spiro atoms. The lowest BCUT2D eigenvalue weighted by atomic mass is 10.1. The van der Waals surface area contributed by atoms with Gasteiger partial charge in [-0.3, -0.25) is 9.59 Å². The number of hydrogen-bond acceptors (Lipinski definition) is 4. The quantitative estimate of drug-likeness (QED) is 0.833. The van der Waals surface area contributed by atoms with Crippen LogP contribution in [-0.4, -0.2) is 24.1 Å². The summed E-state index contributed by atoms with van der Waals surface area (Å²) in [5.41, 5.74) is 1.08. The highest BCUT2D eigenvalue weighted by molar-refractivity contribution is 5.94. The highest BCUT2D eigenvalue weighted by atomic mass is 16.5. The maximum atomic E-state index is 12.3. The Morgan fingerprint density at radius 3 is 2.62 bits per heavy atom. The molecule has 0 aliphatic heterocycles. The van der Waals surface area contributed by atoms with Crippen LogP contribution in [0.25, 0.3) is 0 Å². The zero-order valence-corrected chi connectivity index (χ0v) is 15.1. The van der Waals surface area contributed by atoms with Crippen LogP contribution in [0.5, 0.6) is 11.5 Å². The molecule has 1 aliphatic rings. The summed E-state index contributed by atoms with van der Waals surface area (Å²) >= 11 is 0. The Morgan fingerprint density at radius 1 is 1.19 bits per heavy atom. The zero-order chi connectivity index (χ0) is 18.5. The second-order valence-electron chi connectivity index (χ2n) is 6.57. The van der Waals surface area contributed by atoms with Crippen molar-refractivity contribution in [2.75, 3.05) is 7.11 Å². The first-order valence-electron chi connectivity index (χ1n) is 8.91. The van der Waals surface area contributed by atoms with E-state index < -0.39 is 0 Å². The van der Waals surface area contributed by atoms with Crippen LogP contribution in [0, 0.1) is 0 Å². The second-order valence-corrected chi connectivity index (χ2v) is 6.57. The SMILES string of the molecule is COc1cc([C@H](C)NC(=O)c2ccc(=O)[nH]c2)ccc1OC1CCCC1. The maximum Gasteiger partial charge on any atom is 0.253 e. The molecule has 1 saturated carbocycles. The van der Waals surface area contributed by atoms with E-state index in [9.17, 15) is 9.59 Å². The van der Waals surface area contributed by atoms with Crippen LogP contribution in [0.2, 0.25) is 0 Å². The molecule has 0 unspecified atom stereocenters. The van der Waals surface area contributed by atoms with Gasteiger partial charge in [0, 0.05) is 12.3 Å². The number of H-pyrrole nitrogens is 1. The van der Waals surface area contributed by atoms with Crippen molar-refractivity contribution in [1.82, 2.24) is 10.3 Å². The number of aromatic amines is 1. The molecule has 6 nitrogen and oxygen atoms in total. The highest BCUT2D eigenvalue weighted by Crippen LogP contribution is 2.33. The molecule has 1 atom stereocenters. The zero-order valence-electron chi connectivity index (χ0n) is 15.1. The van der Waals surface area contributed by atoms with Crippen molar-refractivity contribution in [1.29, 1.82) is 0 Å². The van der Waals surface area contributed by atoms with Crippen LogP contribution in [0.4, 0.5) is 0 Å². The fourth-order valence-electron chi connectivity index (χ4n) is 3.15. The van der Waals surface area contributed by atoms with Crippen molar-refractivity contribution < 1.29 is 14.3 Å². The fourth-order valence-corrected chi connectivity index (χ4v) is 3.15. The smallest absolute Gasteiger partial charge is 0.253 e. The van der Waals surface area contributed by atoms with Crippen LogP contribution >= 0.6 is 0 Å². The van der Waals surface area contributed by atoms with Gasteiger partial charge in [0.1, 0.15) is 0 Å². The number of pyridine rings is 1. The second kappa shape index (κ2) is 8.08. The minimum absolute atomic E-state index is 0.219. The molecule has 3 rings (SSSR count). The minimum Gasteiger partial charge on any atom is -0.493 e. The molecule has 0 bridgehead atoms. The summed E-state index contributed by atoms with van der Waals surface area (Å²) in [4.78, 5) is 25.9. The molecule has 1 aromatic heterocycles. The summed E-state index contributed by atoms with van der Waals surface area (Å²) in [6.07, 6.45) is 6.24. The Morgan fingerprint density at radius 2 is 1.96 bits per heavy atom. The summed E-state index contributed by atoms with van der Waals surface area (Å²) < 4.78 is 11.5. The third-order valence-electron chi connectivity index (χ3n) is 4.68. The number of ether oxygens (including phenoxy) is 2. The highest BCUT2D eigenvalue weighted by Gasteiger charge is 2.19. The van der Waals surface area contributed by atoms with Gasteiger partial charge in [0.2, 0.25) is 5.56 Å². The number of hydrogen-bond donors (Lipinski definition) is 2. The van der Waals surface area contributed by atoms with E-state index in [-0.39, 0.29) is 23.6 Å². The van der Waals surface area contributed by atoms with Gasteiger partial charge in [-0.1, -0.05) is 6.07 Å². The monoisotopic (exact) mass is 356 g/mol. The molecule has 2 aromatic rings. The number of benzene rings is 1. The van der Waals surface area contributed by atoms with E-state index in [1.165, 1.54) is 31.2 Å². The number of carbonyl (C=O) groups excluding carboxylic acids is 1. The first-order chi connectivity index (χ1) is 12.6. The summed E-state index contributed by atoms with van der Waals surface area (Å²) in [6, 6.07) is 8.34. The van der Waals surface area contributed by atoms with E-state index in [4.69, 9.17) is 9.47 Å². The van der Waals surface area contributed by atoms with Crippen LogP contribution in [-0.2, 0) is 0 Å².